The second-order valence-electron chi connectivity index (χ2n) is 5.60. The number of pyridine rings is 1. The van der Waals surface area contributed by atoms with Crippen molar-refractivity contribution in [2.45, 2.75) is 33.0 Å². The number of aromatic amines is 1. The molecule has 0 aliphatic rings. The van der Waals surface area contributed by atoms with Gasteiger partial charge in [0, 0.05) is 34.6 Å². The maximum absolute atomic E-state index is 12.5. The summed E-state index contributed by atoms with van der Waals surface area (Å²) in [6, 6.07) is 4.58. The normalized spacial score (nSPS) is 12.4. The molecule has 122 valence electrons. The lowest BCUT2D eigenvalue weighted by molar-refractivity contribution is -0.136. The molecule has 23 heavy (non-hydrogen) atoms. The zero-order valence-electron chi connectivity index (χ0n) is 12.5. The van der Waals surface area contributed by atoms with Crippen molar-refractivity contribution in [3.05, 3.63) is 44.8 Å². The average molecular weight is 343 g/mol. The summed E-state index contributed by atoms with van der Waals surface area (Å²) in [5.41, 5.74) is 2.65. The molecule has 0 aliphatic heterocycles. The van der Waals surface area contributed by atoms with Crippen LogP contribution in [0.15, 0.2) is 23.0 Å². The molecule has 3 aromatic rings. The van der Waals surface area contributed by atoms with Crippen LogP contribution in [0.25, 0.3) is 21.8 Å². The Morgan fingerprint density at radius 3 is 2.57 bits per heavy atom. The number of aromatic nitrogens is 2. The van der Waals surface area contributed by atoms with Crippen molar-refractivity contribution in [2.24, 2.45) is 0 Å². The topological polar surface area (TPSA) is 37.8 Å². The Labute approximate surface area is 134 Å². The van der Waals surface area contributed by atoms with Gasteiger partial charge in [-0.25, -0.2) is 0 Å². The molecule has 0 spiro atoms. The summed E-state index contributed by atoms with van der Waals surface area (Å²) in [5, 5.41) is 1.69. The van der Waals surface area contributed by atoms with E-state index in [4.69, 9.17) is 11.6 Å². The number of alkyl halides is 3. The summed E-state index contributed by atoms with van der Waals surface area (Å²) >= 11 is 6.24. The van der Waals surface area contributed by atoms with Crippen LogP contribution in [0.3, 0.4) is 0 Å². The maximum Gasteiger partial charge on any atom is 0.390 e. The second-order valence-corrected chi connectivity index (χ2v) is 6.01. The fraction of sp³-hybridized carbons (Fsp3) is 0.312. The minimum absolute atomic E-state index is 0.251. The Balaban J connectivity index is 2.34. The van der Waals surface area contributed by atoms with E-state index in [1.54, 1.807) is 12.1 Å². The van der Waals surface area contributed by atoms with Crippen molar-refractivity contribution in [1.82, 2.24) is 9.55 Å². The van der Waals surface area contributed by atoms with Gasteiger partial charge in [0.1, 0.15) is 0 Å². The largest absolute Gasteiger partial charge is 0.390 e. The first-order valence-corrected chi connectivity index (χ1v) is 7.44. The van der Waals surface area contributed by atoms with Crippen LogP contribution in [-0.2, 0) is 6.54 Å². The van der Waals surface area contributed by atoms with E-state index in [0.29, 0.717) is 10.9 Å². The summed E-state index contributed by atoms with van der Waals surface area (Å²) in [6.07, 6.45) is -5.39. The molecule has 7 heteroatoms. The first-order chi connectivity index (χ1) is 10.7. The van der Waals surface area contributed by atoms with Gasteiger partial charge in [0.25, 0.3) is 5.56 Å². The third-order valence-corrected chi connectivity index (χ3v) is 4.41. The van der Waals surface area contributed by atoms with E-state index in [-0.39, 0.29) is 5.02 Å². The SMILES string of the molecule is Cc1[nH]c2ccc3c(c(Cl)cc(=O)n3CCC(F)(F)F)c2c1C. The number of fused-ring (bicyclic) bond motifs is 3. The van der Waals surface area contributed by atoms with Gasteiger partial charge in [-0.1, -0.05) is 11.6 Å². The van der Waals surface area contributed by atoms with Crippen LogP contribution >= 0.6 is 11.6 Å². The minimum Gasteiger partial charge on any atom is -0.358 e. The van der Waals surface area contributed by atoms with Gasteiger partial charge in [-0.3, -0.25) is 4.79 Å². The highest BCUT2D eigenvalue weighted by Gasteiger charge is 2.27. The molecule has 2 aromatic heterocycles. The number of H-pyrrole nitrogens is 1. The van der Waals surface area contributed by atoms with Crippen molar-refractivity contribution in [3.8, 4) is 0 Å². The van der Waals surface area contributed by atoms with Gasteiger partial charge in [0.15, 0.2) is 0 Å². The van der Waals surface area contributed by atoms with Crippen LogP contribution in [0.5, 0.6) is 0 Å². The molecule has 0 atom stereocenters. The van der Waals surface area contributed by atoms with Gasteiger partial charge in [-0.05, 0) is 31.5 Å². The highest BCUT2D eigenvalue weighted by Crippen LogP contribution is 2.34. The fourth-order valence-corrected chi connectivity index (χ4v) is 3.17. The van der Waals surface area contributed by atoms with Gasteiger partial charge in [-0.15, -0.1) is 0 Å². The third kappa shape index (κ3) is 2.72. The number of nitrogens with one attached hydrogen (secondary N) is 1. The highest BCUT2D eigenvalue weighted by atomic mass is 35.5. The molecule has 0 unspecified atom stereocenters. The molecule has 0 saturated carbocycles. The van der Waals surface area contributed by atoms with Crippen molar-refractivity contribution < 1.29 is 13.2 Å². The van der Waals surface area contributed by atoms with E-state index >= 15 is 0 Å². The molecule has 3 nitrogen and oxygen atoms in total. The number of rotatable bonds is 2. The number of benzene rings is 1. The molecule has 0 bridgehead atoms. The van der Waals surface area contributed by atoms with Gasteiger partial charge in [0.2, 0.25) is 0 Å². The summed E-state index contributed by atoms with van der Waals surface area (Å²) in [4.78, 5) is 15.3. The van der Waals surface area contributed by atoms with Crippen LogP contribution in [0.2, 0.25) is 5.02 Å². The minimum atomic E-state index is -4.32. The van der Waals surface area contributed by atoms with Crippen LogP contribution < -0.4 is 5.56 Å². The molecule has 1 aromatic carbocycles. The lowest BCUT2D eigenvalue weighted by atomic mass is 10.1. The number of hydrogen-bond acceptors (Lipinski definition) is 1. The highest BCUT2D eigenvalue weighted by molar-refractivity contribution is 6.37. The first kappa shape index (κ1) is 15.9. The molecule has 0 amide bonds. The lowest BCUT2D eigenvalue weighted by Gasteiger charge is -2.13. The predicted molar refractivity (Wildman–Crippen MR) is 85.2 cm³/mol. The van der Waals surface area contributed by atoms with Gasteiger partial charge < -0.3 is 9.55 Å². The molecular weight excluding hydrogens is 329 g/mol. The number of halogens is 4. The molecule has 3 rings (SSSR count). The Kier molecular flexibility index (Phi) is 3.67. The van der Waals surface area contributed by atoms with E-state index in [1.165, 1.54) is 6.07 Å². The van der Waals surface area contributed by atoms with E-state index in [0.717, 1.165) is 26.7 Å². The molecule has 0 radical (unpaired) electrons. The zero-order chi connectivity index (χ0) is 16.9. The standard InChI is InChI=1S/C16H14ClF3N2O/c1-8-9(2)21-11-3-4-12-15(14(8)11)10(17)7-13(23)22(12)6-5-16(18,19)20/h3-4,7,21H,5-6H2,1-2H3. The molecule has 0 fully saturated rings. The molecule has 0 aliphatic carbocycles. The van der Waals surface area contributed by atoms with Crippen molar-refractivity contribution in [2.75, 3.05) is 0 Å². The molecule has 2 heterocycles. The monoisotopic (exact) mass is 342 g/mol. The Morgan fingerprint density at radius 1 is 1.22 bits per heavy atom. The van der Waals surface area contributed by atoms with Crippen LogP contribution in [0.4, 0.5) is 13.2 Å². The van der Waals surface area contributed by atoms with Crippen molar-refractivity contribution in [1.29, 1.82) is 0 Å². The summed E-state index contributed by atoms with van der Waals surface area (Å²) in [5.74, 6) is 0. The Hall–Kier alpha value is -1.95. The second kappa shape index (κ2) is 5.30. The Bertz CT molecular complexity index is 969. The van der Waals surface area contributed by atoms with Gasteiger partial charge in [-0.2, -0.15) is 13.2 Å². The van der Waals surface area contributed by atoms with Gasteiger partial charge >= 0.3 is 6.18 Å². The molecular formula is C16H14ClF3N2O. The molecule has 1 N–H and O–H groups in total. The van der Waals surface area contributed by atoms with Crippen molar-refractivity contribution in [3.63, 3.8) is 0 Å². The van der Waals surface area contributed by atoms with Crippen LogP contribution in [0.1, 0.15) is 17.7 Å². The van der Waals surface area contributed by atoms with Crippen molar-refractivity contribution >= 4 is 33.4 Å². The number of hydrogen-bond donors (Lipinski definition) is 1. The fourth-order valence-electron chi connectivity index (χ4n) is 2.88. The van der Waals surface area contributed by atoms with E-state index in [1.807, 2.05) is 13.8 Å². The predicted octanol–water partition coefficient (Wildman–Crippen LogP) is 4.71. The maximum atomic E-state index is 12.5. The zero-order valence-corrected chi connectivity index (χ0v) is 13.3. The average Bonchev–Trinajstić information content (AvgIpc) is 2.72. The third-order valence-electron chi connectivity index (χ3n) is 4.11. The van der Waals surface area contributed by atoms with Crippen LogP contribution in [0, 0.1) is 13.8 Å². The van der Waals surface area contributed by atoms with E-state index < -0.39 is 24.7 Å². The van der Waals surface area contributed by atoms with E-state index in [9.17, 15) is 18.0 Å². The van der Waals surface area contributed by atoms with Crippen LogP contribution in [-0.4, -0.2) is 15.7 Å². The smallest absolute Gasteiger partial charge is 0.358 e. The van der Waals surface area contributed by atoms with Gasteiger partial charge in [0.05, 0.1) is 17.0 Å². The summed E-state index contributed by atoms with van der Waals surface area (Å²) in [6.45, 7) is 3.40. The lowest BCUT2D eigenvalue weighted by Crippen LogP contribution is -2.23. The quantitative estimate of drug-likeness (QED) is 0.720. The number of nitrogens with zero attached hydrogens (tertiary/aromatic N) is 1. The van der Waals surface area contributed by atoms with E-state index in [2.05, 4.69) is 4.98 Å². The number of aryl methyl sites for hydroxylation is 3. The first-order valence-electron chi connectivity index (χ1n) is 7.07. The Morgan fingerprint density at radius 2 is 1.91 bits per heavy atom. The summed E-state index contributed by atoms with van der Waals surface area (Å²) in [7, 11) is 0. The summed E-state index contributed by atoms with van der Waals surface area (Å²) < 4.78 is 38.7. The molecule has 0 saturated heterocycles.